The minimum absolute atomic E-state index is 0.311. The molecular weight excluding hydrogens is 340 g/mol. The molecule has 27 heavy (non-hydrogen) atoms. The summed E-state index contributed by atoms with van der Waals surface area (Å²) in [5.41, 5.74) is 3.74. The van der Waals surface area contributed by atoms with E-state index in [0.29, 0.717) is 6.79 Å². The molecule has 0 aliphatic carbocycles. The predicted molar refractivity (Wildman–Crippen MR) is 110 cm³/mol. The van der Waals surface area contributed by atoms with Crippen molar-refractivity contribution < 1.29 is 9.47 Å². The van der Waals surface area contributed by atoms with Crippen LogP contribution in [0.1, 0.15) is 11.1 Å². The monoisotopic (exact) mass is 368 g/mol. The summed E-state index contributed by atoms with van der Waals surface area (Å²) in [4.78, 5) is 6.39. The minimum atomic E-state index is 0.311. The molecule has 0 saturated heterocycles. The maximum absolute atomic E-state index is 5.42. The second-order valence-electron chi connectivity index (χ2n) is 6.67. The predicted octanol–water partition coefficient (Wildman–Crippen LogP) is 2.43. The molecule has 0 atom stereocenters. The van der Waals surface area contributed by atoms with Crippen LogP contribution in [0.2, 0.25) is 0 Å². The summed E-state index contributed by atoms with van der Waals surface area (Å²) in [5.74, 6) is 2.47. The Labute approximate surface area is 161 Å². The van der Waals surface area contributed by atoms with Crippen LogP contribution in [-0.4, -0.2) is 47.0 Å². The highest BCUT2D eigenvalue weighted by Gasteiger charge is 2.12. The zero-order valence-electron chi connectivity index (χ0n) is 16.3. The third kappa shape index (κ3) is 5.29. The van der Waals surface area contributed by atoms with Gasteiger partial charge in [-0.05, 0) is 48.2 Å². The number of rotatable bonds is 7. The van der Waals surface area contributed by atoms with Crippen LogP contribution in [0.4, 0.5) is 5.69 Å². The van der Waals surface area contributed by atoms with Crippen LogP contribution in [0.5, 0.6) is 11.5 Å². The van der Waals surface area contributed by atoms with Gasteiger partial charge in [0.2, 0.25) is 6.79 Å². The SMILES string of the molecule is CN=C(NCCc1ccc(N(C)C)cc1)NCCc1ccc2c(c1)OCO2. The van der Waals surface area contributed by atoms with Gasteiger partial charge in [0.05, 0.1) is 0 Å². The number of benzene rings is 2. The lowest BCUT2D eigenvalue weighted by molar-refractivity contribution is 0.174. The van der Waals surface area contributed by atoms with Gasteiger partial charge in [-0.3, -0.25) is 4.99 Å². The fourth-order valence-corrected chi connectivity index (χ4v) is 2.93. The van der Waals surface area contributed by atoms with Crippen LogP contribution >= 0.6 is 0 Å². The standard InChI is InChI=1S/C21H28N4O2/c1-22-21(23-12-10-16-4-7-18(8-5-16)25(2)3)24-13-11-17-6-9-19-20(14-17)27-15-26-19/h4-9,14H,10-13,15H2,1-3H3,(H2,22,23,24). The lowest BCUT2D eigenvalue weighted by Gasteiger charge is -2.14. The molecule has 0 amide bonds. The highest BCUT2D eigenvalue weighted by Crippen LogP contribution is 2.32. The number of nitrogens with one attached hydrogen (secondary N) is 2. The Bertz CT molecular complexity index is 772. The highest BCUT2D eigenvalue weighted by atomic mass is 16.7. The number of hydrogen-bond donors (Lipinski definition) is 2. The molecule has 0 saturated carbocycles. The second-order valence-corrected chi connectivity index (χ2v) is 6.67. The van der Waals surface area contributed by atoms with Crippen molar-refractivity contribution in [2.45, 2.75) is 12.8 Å². The number of nitrogens with zero attached hydrogens (tertiary/aromatic N) is 2. The average molecular weight is 368 g/mol. The van der Waals surface area contributed by atoms with Gasteiger partial charge in [0.15, 0.2) is 17.5 Å². The molecule has 0 bridgehead atoms. The summed E-state index contributed by atoms with van der Waals surface area (Å²) in [6.45, 7) is 1.95. The first-order valence-electron chi connectivity index (χ1n) is 9.25. The number of aliphatic imine (C=N–C) groups is 1. The van der Waals surface area contributed by atoms with Gasteiger partial charge in [0.25, 0.3) is 0 Å². The first-order chi connectivity index (χ1) is 13.2. The lowest BCUT2D eigenvalue weighted by atomic mass is 10.1. The van der Waals surface area contributed by atoms with Crippen molar-refractivity contribution in [2.24, 2.45) is 4.99 Å². The summed E-state index contributed by atoms with van der Waals surface area (Å²) in [6, 6.07) is 14.7. The molecule has 0 spiro atoms. The third-order valence-electron chi connectivity index (χ3n) is 4.53. The van der Waals surface area contributed by atoms with Crippen LogP contribution < -0.4 is 25.0 Å². The summed E-state index contributed by atoms with van der Waals surface area (Å²) in [7, 11) is 5.90. The van der Waals surface area contributed by atoms with Gasteiger partial charge in [-0.15, -0.1) is 0 Å². The van der Waals surface area contributed by atoms with Crippen molar-refractivity contribution in [3.63, 3.8) is 0 Å². The zero-order chi connectivity index (χ0) is 19.1. The fourth-order valence-electron chi connectivity index (χ4n) is 2.93. The number of guanidine groups is 1. The Morgan fingerprint density at radius 2 is 1.56 bits per heavy atom. The van der Waals surface area contributed by atoms with Crippen LogP contribution in [0.15, 0.2) is 47.5 Å². The van der Waals surface area contributed by atoms with E-state index < -0.39 is 0 Å². The molecule has 3 rings (SSSR count). The van der Waals surface area contributed by atoms with E-state index in [4.69, 9.17) is 9.47 Å². The van der Waals surface area contributed by atoms with Gasteiger partial charge in [0.1, 0.15) is 0 Å². The van der Waals surface area contributed by atoms with Crippen molar-refractivity contribution in [3.8, 4) is 11.5 Å². The van der Waals surface area contributed by atoms with Gasteiger partial charge in [-0.1, -0.05) is 18.2 Å². The van der Waals surface area contributed by atoms with E-state index in [1.807, 2.05) is 12.1 Å². The molecule has 1 aliphatic rings. The van der Waals surface area contributed by atoms with E-state index in [2.05, 4.69) is 65.0 Å². The maximum Gasteiger partial charge on any atom is 0.231 e. The molecule has 2 aromatic carbocycles. The molecule has 0 aromatic heterocycles. The Morgan fingerprint density at radius 3 is 2.22 bits per heavy atom. The smallest absolute Gasteiger partial charge is 0.231 e. The molecule has 6 nitrogen and oxygen atoms in total. The molecule has 2 aromatic rings. The first-order valence-corrected chi connectivity index (χ1v) is 9.25. The zero-order valence-corrected chi connectivity index (χ0v) is 16.3. The topological polar surface area (TPSA) is 58.1 Å². The van der Waals surface area contributed by atoms with Crippen molar-refractivity contribution in [1.82, 2.24) is 10.6 Å². The minimum Gasteiger partial charge on any atom is -0.454 e. The number of anilines is 1. The Kier molecular flexibility index (Phi) is 6.41. The Balaban J connectivity index is 1.39. The maximum atomic E-state index is 5.42. The van der Waals surface area contributed by atoms with Crippen LogP contribution in [-0.2, 0) is 12.8 Å². The molecule has 6 heteroatoms. The molecule has 2 N–H and O–H groups in total. The van der Waals surface area contributed by atoms with Gasteiger partial charge in [0, 0.05) is 39.9 Å². The van der Waals surface area contributed by atoms with E-state index in [-0.39, 0.29) is 0 Å². The summed E-state index contributed by atoms with van der Waals surface area (Å²) in [6.07, 6.45) is 1.85. The van der Waals surface area contributed by atoms with Gasteiger partial charge < -0.3 is 25.0 Å². The largest absolute Gasteiger partial charge is 0.454 e. The van der Waals surface area contributed by atoms with Crippen molar-refractivity contribution >= 4 is 11.6 Å². The van der Waals surface area contributed by atoms with E-state index >= 15 is 0 Å². The molecule has 0 unspecified atom stereocenters. The first kappa shape index (κ1) is 18.9. The average Bonchev–Trinajstić information content (AvgIpc) is 3.15. The molecule has 1 aliphatic heterocycles. The summed E-state index contributed by atoms with van der Waals surface area (Å²) < 4.78 is 10.8. The van der Waals surface area contributed by atoms with Gasteiger partial charge >= 0.3 is 0 Å². The fraction of sp³-hybridized carbons (Fsp3) is 0.381. The second kappa shape index (κ2) is 9.16. The molecule has 0 radical (unpaired) electrons. The van der Waals surface area contributed by atoms with Crippen LogP contribution in [0, 0.1) is 0 Å². The number of ether oxygens (including phenoxy) is 2. The molecule has 144 valence electrons. The van der Waals surface area contributed by atoms with Gasteiger partial charge in [-0.25, -0.2) is 0 Å². The van der Waals surface area contributed by atoms with Crippen molar-refractivity contribution in [1.29, 1.82) is 0 Å². The Morgan fingerprint density at radius 1 is 0.926 bits per heavy atom. The van der Waals surface area contributed by atoms with Gasteiger partial charge in [-0.2, -0.15) is 0 Å². The molecular formula is C21H28N4O2. The van der Waals surface area contributed by atoms with E-state index in [9.17, 15) is 0 Å². The van der Waals surface area contributed by atoms with Crippen molar-refractivity contribution in [3.05, 3.63) is 53.6 Å². The summed E-state index contributed by atoms with van der Waals surface area (Å²) in [5, 5.41) is 6.72. The molecule has 0 fully saturated rings. The molecule has 1 heterocycles. The normalized spacial score (nSPS) is 12.8. The number of hydrogen-bond acceptors (Lipinski definition) is 4. The van der Waals surface area contributed by atoms with Crippen LogP contribution in [0.3, 0.4) is 0 Å². The van der Waals surface area contributed by atoms with Crippen molar-refractivity contribution in [2.75, 3.05) is 45.9 Å². The van der Waals surface area contributed by atoms with E-state index in [0.717, 1.165) is 43.4 Å². The quantitative estimate of drug-likeness (QED) is 0.581. The highest BCUT2D eigenvalue weighted by molar-refractivity contribution is 5.79. The number of fused-ring (bicyclic) bond motifs is 1. The van der Waals surface area contributed by atoms with E-state index in [1.54, 1.807) is 7.05 Å². The van der Waals surface area contributed by atoms with Crippen LogP contribution in [0.25, 0.3) is 0 Å². The van der Waals surface area contributed by atoms with E-state index in [1.165, 1.54) is 16.8 Å². The Hall–Kier alpha value is -2.89. The summed E-state index contributed by atoms with van der Waals surface area (Å²) >= 11 is 0. The lowest BCUT2D eigenvalue weighted by Crippen LogP contribution is -2.39. The third-order valence-corrected chi connectivity index (χ3v) is 4.53.